The Morgan fingerprint density at radius 3 is 2.38 bits per heavy atom. The number of nitrogens with zero attached hydrogens (tertiary/aromatic N) is 2. The van der Waals surface area contributed by atoms with Crippen molar-refractivity contribution in [1.82, 2.24) is 9.88 Å². The van der Waals surface area contributed by atoms with E-state index in [1.54, 1.807) is 6.20 Å². The van der Waals surface area contributed by atoms with Gasteiger partial charge >= 0.3 is 0 Å². The molecule has 2 aromatic rings. The molecule has 138 valence electrons. The average molecular weight is 412 g/mol. The van der Waals surface area contributed by atoms with Gasteiger partial charge in [0.2, 0.25) is 0 Å². The van der Waals surface area contributed by atoms with Crippen molar-refractivity contribution in [2.45, 2.75) is 33.2 Å². The summed E-state index contributed by atoms with van der Waals surface area (Å²) in [5, 5.41) is 17.1. The summed E-state index contributed by atoms with van der Waals surface area (Å²) in [5.74, 6) is 0.289. The van der Waals surface area contributed by atoms with Crippen molar-refractivity contribution in [3.8, 4) is 0 Å². The van der Waals surface area contributed by atoms with Gasteiger partial charge < -0.3 is 4.90 Å². The lowest BCUT2D eigenvalue weighted by atomic mass is 10.1. The predicted octanol–water partition coefficient (Wildman–Crippen LogP) is 5.63. The summed E-state index contributed by atoms with van der Waals surface area (Å²) >= 11 is 18.0. The van der Waals surface area contributed by atoms with E-state index in [1.165, 1.54) is 0 Å². The molecule has 0 spiro atoms. The Bertz CT molecular complexity index is 803. The van der Waals surface area contributed by atoms with Crippen LogP contribution in [0.25, 0.3) is 0 Å². The summed E-state index contributed by atoms with van der Waals surface area (Å²) in [4.78, 5) is 6.36. The number of aryl methyl sites for hydroxylation is 1. The van der Waals surface area contributed by atoms with E-state index in [2.05, 4.69) is 4.98 Å². The molecule has 0 bridgehead atoms. The van der Waals surface area contributed by atoms with Crippen molar-refractivity contribution < 1.29 is 0 Å². The van der Waals surface area contributed by atoms with Crippen molar-refractivity contribution in [3.05, 3.63) is 62.9 Å². The van der Waals surface area contributed by atoms with Crippen LogP contribution in [0.2, 0.25) is 10.0 Å². The molecule has 0 fully saturated rings. The third-order valence-corrected chi connectivity index (χ3v) is 5.12. The molecule has 1 heterocycles. The Morgan fingerprint density at radius 1 is 1.12 bits per heavy atom. The minimum atomic E-state index is -0.0573. The SMILES string of the molecule is Cc1cnc(CN(CCc2ccc(Cl)cc2)C(=N)CC(=N)Cl)c(C)c1Cl. The minimum Gasteiger partial charge on any atom is -0.354 e. The van der Waals surface area contributed by atoms with Crippen molar-refractivity contribution >= 4 is 45.8 Å². The van der Waals surface area contributed by atoms with Crippen LogP contribution in [-0.2, 0) is 13.0 Å². The van der Waals surface area contributed by atoms with Crippen LogP contribution in [0.3, 0.4) is 0 Å². The van der Waals surface area contributed by atoms with E-state index in [0.717, 1.165) is 28.8 Å². The molecule has 0 aliphatic carbocycles. The molecule has 0 aliphatic heterocycles. The number of halogens is 3. The molecular formula is C19H21Cl3N4. The average Bonchev–Trinajstić information content (AvgIpc) is 2.59. The van der Waals surface area contributed by atoms with E-state index in [9.17, 15) is 0 Å². The van der Waals surface area contributed by atoms with E-state index in [0.29, 0.717) is 23.1 Å². The summed E-state index contributed by atoms with van der Waals surface area (Å²) in [5.41, 5.74) is 3.79. The third-order valence-electron chi connectivity index (χ3n) is 4.15. The highest BCUT2D eigenvalue weighted by atomic mass is 35.5. The van der Waals surface area contributed by atoms with E-state index in [1.807, 2.05) is 43.0 Å². The molecule has 7 heteroatoms. The Kier molecular flexibility index (Phi) is 7.44. The van der Waals surface area contributed by atoms with Gasteiger partial charge in [0.15, 0.2) is 0 Å². The predicted molar refractivity (Wildman–Crippen MR) is 110 cm³/mol. The van der Waals surface area contributed by atoms with Crippen molar-refractivity contribution in [2.24, 2.45) is 0 Å². The molecular weight excluding hydrogens is 391 g/mol. The molecule has 26 heavy (non-hydrogen) atoms. The van der Waals surface area contributed by atoms with Gasteiger partial charge in [-0.3, -0.25) is 15.8 Å². The Hall–Kier alpha value is -1.62. The highest BCUT2D eigenvalue weighted by Crippen LogP contribution is 2.23. The van der Waals surface area contributed by atoms with Crippen molar-refractivity contribution in [1.29, 1.82) is 10.8 Å². The Labute approximate surface area is 169 Å². The molecule has 0 radical (unpaired) electrons. The number of hydrogen-bond acceptors (Lipinski definition) is 3. The Morgan fingerprint density at radius 2 is 1.77 bits per heavy atom. The first-order valence-electron chi connectivity index (χ1n) is 8.18. The number of aromatic nitrogens is 1. The summed E-state index contributed by atoms with van der Waals surface area (Å²) in [6.07, 6.45) is 2.59. The van der Waals surface area contributed by atoms with Crippen LogP contribution in [0.1, 0.15) is 28.8 Å². The second-order valence-electron chi connectivity index (χ2n) is 6.15. The van der Waals surface area contributed by atoms with Crippen LogP contribution < -0.4 is 0 Å². The fourth-order valence-corrected chi connectivity index (χ4v) is 2.98. The van der Waals surface area contributed by atoms with Crippen LogP contribution in [-0.4, -0.2) is 27.4 Å². The number of pyridine rings is 1. The first-order valence-corrected chi connectivity index (χ1v) is 9.31. The highest BCUT2D eigenvalue weighted by molar-refractivity contribution is 6.65. The van der Waals surface area contributed by atoms with Crippen LogP contribution in [0, 0.1) is 24.7 Å². The largest absolute Gasteiger partial charge is 0.354 e. The molecule has 0 atom stereocenters. The van der Waals surface area contributed by atoms with Crippen LogP contribution in [0.5, 0.6) is 0 Å². The third kappa shape index (κ3) is 5.70. The van der Waals surface area contributed by atoms with Crippen LogP contribution in [0.15, 0.2) is 30.5 Å². The maximum Gasteiger partial charge on any atom is 0.104 e. The number of hydrogen-bond donors (Lipinski definition) is 2. The zero-order chi connectivity index (χ0) is 19.3. The van der Waals surface area contributed by atoms with E-state index < -0.39 is 0 Å². The zero-order valence-electron chi connectivity index (χ0n) is 14.7. The maximum absolute atomic E-state index is 8.31. The topological polar surface area (TPSA) is 63.8 Å². The number of rotatable bonds is 7. The molecule has 1 aromatic carbocycles. The lowest BCUT2D eigenvalue weighted by molar-refractivity contribution is 0.403. The first kappa shape index (κ1) is 20.7. The van der Waals surface area contributed by atoms with E-state index >= 15 is 0 Å². The number of benzene rings is 1. The van der Waals surface area contributed by atoms with E-state index in [-0.39, 0.29) is 17.4 Å². The van der Waals surface area contributed by atoms with Gasteiger partial charge in [0, 0.05) is 22.8 Å². The fourth-order valence-electron chi connectivity index (χ4n) is 2.57. The van der Waals surface area contributed by atoms with Crippen molar-refractivity contribution in [3.63, 3.8) is 0 Å². The summed E-state index contributed by atoms with van der Waals surface area (Å²) in [6, 6.07) is 7.65. The minimum absolute atomic E-state index is 0.0573. The standard InChI is InChI=1S/C19H21Cl3N4/c1-12-10-25-16(13(2)19(12)22)11-26(18(24)9-17(21)23)8-7-14-3-5-15(20)6-4-14/h3-6,10,23-24H,7-9,11H2,1-2H3. The maximum atomic E-state index is 8.31. The smallest absolute Gasteiger partial charge is 0.104 e. The second-order valence-corrected chi connectivity index (χ2v) is 7.42. The van der Waals surface area contributed by atoms with Gasteiger partial charge in [-0.25, -0.2) is 0 Å². The molecule has 0 aliphatic rings. The molecule has 0 amide bonds. The molecule has 0 saturated carbocycles. The van der Waals surface area contributed by atoms with Gasteiger partial charge in [-0.15, -0.1) is 0 Å². The molecule has 2 rings (SSSR count). The summed E-state index contributed by atoms with van der Waals surface area (Å²) in [7, 11) is 0. The molecule has 0 saturated heterocycles. The van der Waals surface area contributed by atoms with Gasteiger partial charge in [0.05, 0.1) is 18.7 Å². The van der Waals surface area contributed by atoms with Crippen LogP contribution in [0.4, 0.5) is 0 Å². The van der Waals surface area contributed by atoms with Gasteiger partial charge in [0.1, 0.15) is 11.0 Å². The Balaban J connectivity index is 2.18. The van der Waals surface area contributed by atoms with Gasteiger partial charge in [0.25, 0.3) is 0 Å². The quantitative estimate of drug-likeness (QED) is 0.458. The normalized spacial score (nSPS) is 10.7. The first-order chi connectivity index (χ1) is 12.3. The van der Waals surface area contributed by atoms with Gasteiger partial charge in [-0.1, -0.05) is 46.9 Å². The van der Waals surface area contributed by atoms with Crippen molar-refractivity contribution in [2.75, 3.05) is 6.54 Å². The lowest BCUT2D eigenvalue weighted by Gasteiger charge is -2.26. The second kappa shape index (κ2) is 9.36. The fraction of sp³-hybridized carbons (Fsp3) is 0.316. The van der Waals surface area contributed by atoms with Gasteiger partial charge in [-0.2, -0.15) is 0 Å². The zero-order valence-corrected chi connectivity index (χ0v) is 17.0. The monoisotopic (exact) mass is 410 g/mol. The lowest BCUT2D eigenvalue weighted by Crippen LogP contribution is -2.33. The van der Waals surface area contributed by atoms with E-state index in [4.69, 9.17) is 45.6 Å². The van der Waals surface area contributed by atoms with Gasteiger partial charge in [-0.05, 0) is 49.1 Å². The molecule has 2 N–H and O–H groups in total. The molecule has 1 aromatic heterocycles. The summed E-state index contributed by atoms with van der Waals surface area (Å²) < 4.78 is 0. The number of nitrogens with one attached hydrogen (secondary N) is 2. The number of amidine groups is 1. The molecule has 0 unspecified atom stereocenters. The molecule has 4 nitrogen and oxygen atoms in total. The van der Waals surface area contributed by atoms with Crippen LogP contribution >= 0.6 is 34.8 Å². The highest BCUT2D eigenvalue weighted by Gasteiger charge is 2.16. The summed E-state index contributed by atoms with van der Waals surface area (Å²) in [6.45, 7) is 4.91.